The van der Waals surface area contributed by atoms with E-state index in [0.29, 0.717) is 21.2 Å². The van der Waals surface area contributed by atoms with Gasteiger partial charge in [-0.1, -0.05) is 48.3 Å². The highest BCUT2D eigenvalue weighted by atomic mass is 35.5. The van der Waals surface area contributed by atoms with Crippen LogP contribution in [0.15, 0.2) is 42.5 Å². The maximum absolute atomic E-state index is 13.7. The Morgan fingerprint density at radius 1 is 1.06 bits per heavy atom. The summed E-state index contributed by atoms with van der Waals surface area (Å²) in [5.74, 6) is -1.21. The fourth-order valence-electron chi connectivity index (χ4n) is 3.63. The molecule has 196 valence electrons. The predicted molar refractivity (Wildman–Crippen MR) is 143 cm³/mol. The summed E-state index contributed by atoms with van der Waals surface area (Å²) in [7, 11) is -3.92. The summed E-state index contributed by atoms with van der Waals surface area (Å²) < 4.78 is 26.3. The number of nitrogens with zero attached hydrogens (tertiary/aromatic N) is 2. The average molecular weight is 557 g/mol. The van der Waals surface area contributed by atoms with E-state index in [0.717, 1.165) is 10.6 Å². The van der Waals surface area contributed by atoms with Gasteiger partial charge in [-0.05, 0) is 57.0 Å². The molecule has 0 spiro atoms. The van der Waals surface area contributed by atoms with Gasteiger partial charge >= 0.3 is 0 Å². The van der Waals surface area contributed by atoms with Crippen molar-refractivity contribution in [1.29, 1.82) is 0 Å². The van der Waals surface area contributed by atoms with E-state index >= 15 is 0 Å². The Bertz CT molecular complexity index is 1230. The van der Waals surface area contributed by atoms with Gasteiger partial charge in [-0.15, -0.1) is 0 Å². The van der Waals surface area contributed by atoms with Crippen molar-refractivity contribution in [2.45, 2.75) is 52.7 Å². The number of hydrogen-bond donors (Lipinski definition) is 1. The Morgan fingerprint density at radius 2 is 1.72 bits per heavy atom. The molecule has 2 rings (SSSR count). The first-order chi connectivity index (χ1) is 16.7. The van der Waals surface area contributed by atoms with E-state index in [9.17, 15) is 22.8 Å². The van der Waals surface area contributed by atoms with E-state index in [2.05, 4.69) is 5.32 Å². The van der Waals surface area contributed by atoms with Crippen LogP contribution in [0.25, 0.3) is 0 Å². The molecule has 0 heterocycles. The molecule has 1 N–H and O–H groups in total. The van der Waals surface area contributed by atoms with Crippen LogP contribution < -0.4 is 9.62 Å². The van der Waals surface area contributed by atoms with Crippen LogP contribution in [0.2, 0.25) is 10.0 Å². The molecule has 1 atom stereocenters. The van der Waals surface area contributed by atoms with Crippen LogP contribution in [0.1, 0.15) is 50.0 Å². The number of carbonyl (C=O) groups excluding carboxylic acids is 3. The van der Waals surface area contributed by atoms with Crippen LogP contribution in [0, 0.1) is 0 Å². The molecule has 0 bridgehead atoms. The minimum atomic E-state index is -3.92. The van der Waals surface area contributed by atoms with Gasteiger partial charge in [0, 0.05) is 28.2 Å². The largest absolute Gasteiger partial charge is 0.352 e. The zero-order valence-electron chi connectivity index (χ0n) is 20.9. The third kappa shape index (κ3) is 7.94. The topological polar surface area (TPSA) is 104 Å². The molecule has 0 radical (unpaired) electrons. The lowest BCUT2D eigenvalue weighted by atomic mass is 10.1. The number of hydrogen-bond acceptors (Lipinski definition) is 5. The van der Waals surface area contributed by atoms with E-state index in [1.807, 2.05) is 0 Å². The molecule has 0 saturated carbocycles. The van der Waals surface area contributed by atoms with Gasteiger partial charge in [0.25, 0.3) is 0 Å². The second-order valence-corrected chi connectivity index (χ2v) is 11.5. The fraction of sp³-hybridized carbons (Fsp3) is 0.400. The van der Waals surface area contributed by atoms with Crippen LogP contribution in [0.4, 0.5) is 5.69 Å². The second-order valence-electron chi connectivity index (χ2n) is 8.72. The molecule has 8 nitrogen and oxygen atoms in total. The van der Waals surface area contributed by atoms with Gasteiger partial charge in [-0.25, -0.2) is 8.42 Å². The lowest BCUT2D eigenvalue weighted by molar-refractivity contribution is -0.140. The first-order valence-corrected chi connectivity index (χ1v) is 14.0. The lowest BCUT2D eigenvalue weighted by Crippen LogP contribution is -2.53. The summed E-state index contributed by atoms with van der Waals surface area (Å²) in [5, 5.41) is 3.55. The Labute approximate surface area is 222 Å². The van der Waals surface area contributed by atoms with Gasteiger partial charge in [0.15, 0.2) is 5.78 Å². The molecule has 2 amide bonds. The zero-order chi connectivity index (χ0) is 27.2. The number of ketones is 1. The molecule has 0 fully saturated rings. The van der Waals surface area contributed by atoms with Gasteiger partial charge < -0.3 is 10.2 Å². The van der Waals surface area contributed by atoms with Gasteiger partial charge in [0.05, 0.1) is 11.9 Å². The molecule has 0 aromatic heterocycles. The fourth-order valence-corrected chi connectivity index (χ4v) is 4.94. The van der Waals surface area contributed by atoms with Crippen molar-refractivity contribution in [3.63, 3.8) is 0 Å². The van der Waals surface area contributed by atoms with Crippen LogP contribution in [-0.4, -0.2) is 55.8 Å². The molecule has 2 aromatic rings. The summed E-state index contributed by atoms with van der Waals surface area (Å²) in [6.07, 6.45) is 1.26. The van der Waals surface area contributed by atoms with Gasteiger partial charge in [-0.3, -0.25) is 18.7 Å². The van der Waals surface area contributed by atoms with Crippen molar-refractivity contribution in [3.8, 4) is 0 Å². The smallest absolute Gasteiger partial charge is 0.244 e. The number of sulfonamides is 1. The lowest BCUT2D eigenvalue weighted by Gasteiger charge is -2.33. The van der Waals surface area contributed by atoms with Crippen molar-refractivity contribution in [1.82, 2.24) is 10.2 Å². The number of Topliss-reactive ketones (excluding diaryl/α,β-unsaturated/α-hetero) is 1. The highest BCUT2D eigenvalue weighted by Gasteiger charge is 2.32. The van der Waals surface area contributed by atoms with E-state index in [1.54, 1.807) is 45.0 Å². The summed E-state index contributed by atoms with van der Waals surface area (Å²) in [6.45, 7) is 6.13. The predicted octanol–water partition coefficient (Wildman–Crippen LogP) is 4.29. The minimum Gasteiger partial charge on any atom is -0.352 e. The van der Waals surface area contributed by atoms with Crippen molar-refractivity contribution in [2.24, 2.45) is 0 Å². The van der Waals surface area contributed by atoms with Crippen molar-refractivity contribution >= 4 is 56.5 Å². The molecular weight excluding hydrogens is 525 g/mol. The highest BCUT2D eigenvalue weighted by Crippen LogP contribution is 2.25. The Balaban J connectivity index is 2.51. The molecular formula is C25H31Cl2N3O5S. The minimum absolute atomic E-state index is 0.0378. The summed E-state index contributed by atoms with van der Waals surface area (Å²) >= 11 is 12.4. The monoisotopic (exact) mass is 555 g/mol. The third-order valence-corrected chi connectivity index (χ3v) is 7.12. The Morgan fingerprint density at radius 3 is 2.25 bits per heavy atom. The number of rotatable bonds is 11. The molecule has 1 unspecified atom stereocenters. The summed E-state index contributed by atoms with van der Waals surface area (Å²) in [5.41, 5.74) is 1.03. The van der Waals surface area contributed by atoms with E-state index in [-0.39, 0.29) is 36.4 Å². The third-order valence-electron chi connectivity index (χ3n) is 5.39. The highest BCUT2D eigenvalue weighted by molar-refractivity contribution is 7.92. The number of amides is 2. The van der Waals surface area contributed by atoms with Crippen LogP contribution in [0.3, 0.4) is 0 Å². The molecule has 11 heteroatoms. The number of halogens is 2. The van der Waals surface area contributed by atoms with Crippen LogP contribution in [-0.2, 0) is 26.2 Å². The van der Waals surface area contributed by atoms with Gasteiger partial charge in [-0.2, -0.15) is 0 Å². The van der Waals surface area contributed by atoms with E-state index in [4.69, 9.17) is 23.2 Å². The van der Waals surface area contributed by atoms with Gasteiger partial charge in [0.2, 0.25) is 21.8 Å². The van der Waals surface area contributed by atoms with Crippen molar-refractivity contribution < 1.29 is 22.8 Å². The summed E-state index contributed by atoms with van der Waals surface area (Å²) in [4.78, 5) is 39.8. The molecule has 2 aromatic carbocycles. The van der Waals surface area contributed by atoms with Crippen molar-refractivity contribution in [2.75, 3.05) is 17.1 Å². The Hall–Kier alpha value is -2.62. The maximum Gasteiger partial charge on any atom is 0.244 e. The first kappa shape index (κ1) is 29.6. The van der Waals surface area contributed by atoms with Crippen LogP contribution in [0.5, 0.6) is 0 Å². The maximum atomic E-state index is 13.7. The SMILES string of the molecule is CCC(C(=O)NC(C)C)N(Cc1ccc(Cl)cc1Cl)C(=O)CN(c1cccc(C(C)=O)c1)S(C)(=O)=O. The molecule has 36 heavy (non-hydrogen) atoms. The first-order valence-electron chi connectivity index (χ1n) is 11.4. The van der Waals surface area contributed by atoms with E-state index < -0.39 is 28.5 Å². The molecule has 0 aliphatic heterocycles. The standard InChI is InChI=1S/C25H31Cl2N3O5S/c1-6-23(25(33)28-16(2)3)29(14-19-10-11-20(26)13-22(19)27)24(32)15-30(36(5,34)35)21-9-7-8-18(12-21)17(4)31/h7-13,16,23H,6,14-15H2,1-5H3,(H,28,33). The average Bonchev–Trinajstić information content (AvgIpc) is 2.77. The van der Waals surface area contributed by atoms with E-state index in [1.165, 1.54) is 30.0 Å². The number of carbonyl (C=O) groups is 3. The molecule has 0 saturated heterocycles. The number of benzene rings is 2. The van der Waals surface area contributed by atoms with Gasteiger partial charge in [0.1, 0.15) is 12.6 Å². The van der Waals surface area contributed by atoms with Crippen molar-refractivity contribution in [3.05, 3.63) is 63.6 Å². The van der Waals surface area contributed by atoms with Crippen LogP contribution >= 0.6 is 23.2 Å². The second kappa shape index (κ2) is 12.6. The number of anilines is 1. The summed E-state index contributed by atoms with van der Waals surface area (Å²) in [6, 6.07) is 9.80. The Kier molecular flexibility index (Phi) is 10.3. The zero-order valence-corrected chi connectivity index (χ0v) is 23.2. The normalized spacial score (nSPS) is 12.2. The molecule has 0 aliphatic carbocycles. The molecule has 0 aliphatic rings. The quantitative estimate of drug-likeness (QED) is 0.416. The number of nitrogens with one attached hydrogen (secondary N) is 1.